The van der Waals surface area contributed by atoms with Crippen LogP contribution in [0.15, 0.2) is 0 Å². The summed E-state index contributed by atoms with van der Waals surface area (Å²) >= 11 is 3.69. The number of carbonyl (C=O) groups excluding carboxylic acids is 2. The fraction of sp³-hybridized carbons (Fsp3) is 0.778. The molecule has 5 nitrogen and oxygen atoms in total. The maximum Gasteiger partial charge on any atom is 0.230 e. The Labute approximate surface area is 95.1 Å². The van der Waals surface area contributed by atoms with Gasteiger partial charge in [-0.3, -0.25) is 9.59 Å². The first-order valence-electron chi connectivity index (χ1n) is 4.40. The Morgan fingerprint density at radius 1 is 1.47 bits per heavy atom. The van der Waals surface area contributed by atoms with Gasteiger partial charge in [0.1, 0.15) is 11.2 Å². The summed E-state index contributed by atoms with van der Waals surface area (Å²) in [5.41, 5.74) is 3.91. The summed E-state index contributed by atoms with van der Waals surface area (Å²) in [5, 5.41) is 16.4. The number of thiol groups is 1. The third-order valence-corrected chi connectivity index (χ3v) is 2.34. The molecule has 0 rings (SSSR count). The van der Waals surface area contributed by atoms with Crippen molar-refractivity contribution in [3.63, 3.8) is 0 Å². The van der Waals surface area contributed by atoms with Crippen molar-refractivity contribution in [2.75, 3.05) is 12.4 Å². The van der Waals surface area contributed by atoms with Crippen LogP contribution < -0.4 is 5.73 Å². The molecule has 4 N–H and O–H groups in total. The van der Waals surface area contributed by atoms with Crippen molar-refractivity contribution in [3.05, 3.63) is 0 Å². The van der Waals surface area contributed by atoms with E-state index < -0.39 is 17.4 Å². The molecule has 0 aromatic carbocycles. The molecule has 0 fully saturated rings. The normalized spacial score (nSPS) is 12.4. The second kappa shape index (κ2) is 7.67. The quantitative estimate of drug-likeness (QED) is 0.386. The molecule has 0 spiro atoms. The number of hydrogen-bond donors (Lipinski definition) is 4. The maximum atomic E-state index is 10.6. The molecular weight excluding hydrogens is 218 g/mol. The molecule has 6 heteroatoms. The largest absolute Gasteiger partial charge is 0.394 e. The lowest BCUT2D eigenvalue weighted by atomic mass is 9.88. The monoisotopic (exact) mass is 237 g/mol. The van der Waals surface area contributed by atoms with E-state index in [9.17, 15) is 9.59 Å². The summed E-state index contributed by atoms with van der Waals surface area (Å²) in [7, 11) is 0. The van der Waals surface area contributed by atoms with Gasteiger partial charge in [0.25, 0.3) is 0 Å². The molecule has 0 aliphatic carbocycles. The number of aliphatic hydroxyl groups is 2. The highest BCUT2D eigenvalue weighted by Crippen LogP contribution is 2.14. The smallest absolute Gasteiger partial charge is 0.230 e. The summed E-state index contributed by atoms with van der Waals surface area (Å²) in [5.74, 6) is -0.443. The van der Waals surface area contributed by atoms with Crippen molar-refractivity contribution in [1.82, 2.24) is 0 Å². The van der Waals surface area contributed by atoms with Gasteiger partial charge in [-0.15, -0.1) is 0 Å². The van der Waals surface area contributed by atoms with E-state index in [1.807, 2.05) is 0 Å². The van der Waals surface area contributed by atoms with Gasteiger partial charge in [0.15, 0.2) is 0 Å². The van der Waals surface area contributed by atoms with Crippen LogP contribution in [0.5, 0.6) is 0 Å². The number of rotatable bonds is 4. The number of nitrogens with two attached hydrogens (primary N) is 1. The van der Waals surface area contributed by atoms with Gasteiger partial charge < -0.3 is 15.9 Å². The molecule has 90 valence electrons. The number of carbonyl (C=O) groups is 2. The van der Waals surface area contributed by atoms with Gasteiger partial charge in [-0.25, -0.2) is 0 Å². The molecule has 1 amide bonds. The standard InChI is InChI=1S/C6H11NO2.C3H8O2S/c1-4(8)6(2,3)5(7)9;4-1-3(5)2-6/h1-3H3,(H2,7,9);3-6H,1-2H2. The van der Waals surface area contributed by atoms with Gasteiger partial charge in [0, 0.05) is 5.75 Å². The van der Waals surface area contributed by atoms with Gasteiger partial charge in [-0.05, 0) is 20.8 Å². The van der Waals surface area contributed by atoms with Crippen LogP contribution >= 0.6 is 12.6 Å². The minimum absolute atomic E-state index is 0.191. The molecule has 0 aromatic rings. The highest BCUT2D eigenvalue weighted by Gasteiger charge is 2.29. The summed E-state index contributed by atoms with van der Waals surface area (Å²) < 4.78 is 0. The summed E-state index contributed by atoms with van der Waals surface area (Å²) in [6.45, 7) is 4.18. The van der Waals surface area contributed by atoms with E-state index in [4.69, 9.17) is 15.9 Å². The van der Waals surface area contributed by atoms with Crippen molar-refractivity contribution in [2.45, 2.75) is 26.9 Å². The lowest BCUT2D eigenvalue weighted by Crippen LogP contribution is -2.37. The van der Waals surface area contributed by atoms with E-state index >= 15 is 0 Å². The van der Waals surface area contributed by atoms with Gasteiger partial charge in [-0.1, -0.05) is 0 Å². The number of hydrogen-bond acceptors (Lipinski definition) is 5. The van der Waals surface area contributed by atoms with Crippen molar-refractivity contribution < 1.29 is 19.8 Å². The zero-order chi connectivity index (χ0) is 12.6. The molecule has 15 heavy (non-hydrogen) atoms. The molecule has 0 bridgehead atoms. The van der Waals surface area contributed by atoms with Crippen molar-refractivity contribution in [2.24, 2.45) is 11.1 Å². The molecule has 0 heterocycles. The third-order valence-electron chi connectivity index (χ3n) is 1.92. The van der Waals surface area contributed by atoms with E-state index in [0.717, 1.165) is 0 Å². The summed E-state index contributed by atoms with van der Waals surface area (Å²) in [4.78, 5) is 21.1. The summed E-state index contributed by atoms with van der Waals surface area (Å²) in [6.07, 6.45) is -0.645. The number of primary amides is 1. The molecular formula is C9H19NO4S. The first-order valence-corrected chi connectivity index (χ1v) is 5.04. The topological polar surface area (TPSA) is 101 Å². The van der Waals surface area contributed by atoms with Crippen LogP contribution in [0.25, 0.3) is 0 Å². The Balaban J connectivity index is 0. The first kappa shape index (κ1) is 16.8. The first-order chi connectivity index (χ1) is 6.69. The molecule has 1 unspecified atom stereocenters. The van der Waals surface area contributed by atoms with Crippen LogP contribution in [-0.2, 0) is 9.59 Å². The number of ketones is 1. The highest BCUT2D eigenvalue weighted by molar-refractivity contribution is 7.80. The predicted molar refractivity (Wildman–Crippen MR) is 60.6 cm³/mol. The van der Waals surface area contributed by atoms with E-state index in [1.54, 1.807) is 0 Å². The molecule has 0 saturated carbocycles. The lowest BCUT2D eigenvalue weighted by Gasteiger charge is -2.14. The molecule has 0 aliphatic heterocycles. The Bertz CT molecular complexity index is 198. The Morgan fingerprint density at radius 2 is 1.87 bits per heavy atom. The van der Waals surface area contributed by atoms with Crippen LogP contribution in [0.2, 0.25) is 0 Å². The predicted octanol–water partition coefficient (Wildman–Crippen LogP) is -0.644. The van der Waals surface area contributed by atoms with E-state index in [0.29, 0.717) is 5.75 Å². The number of aliphatic hydroxyl groups excluding tert-OH is 2. The Kier molecular flexibility index (Phi) is 8.60. The second-order valence-electron chi connectivity index (χ2n) is 3.56. The zero-order valence-corrected chi connectivity index (χ0v) is 10.1. The average Bonchev–Trinajstić information content (AvgIpc) is 2.17. The van der Waals surface area contributed by atoms with Crippen LogP contribution in [0.3, 0.4) is 0 Å². The molecule has 0 aliphatic rings. The average molecular weight is 237 g/mol. The number of Topliss-reactive ketones (excluding diaryl/α,β-unsaturated/α-hetero) is 1. The Morgan fingerprint density at radius 3 is 1.87 bits per heavy atom. The van der Waals surface area contributed by atoms with Crippen LogP contribution in [0.4, 0.5) is 0 Å². The lowest BCUT2D eigenvalue weighted by molar-refractivity contribution is -0.136. The zero-order valence-electron chi connectivity index (χ0n) is 9.23. The van der Waals surface area contributed by atoms with E-state index in [1.165, 1.54) is 20.8 Å². The van der Waals surface area contributed by atoms with E-state index in [-0.39, 0.29) is 12.4 Å². The molecule has 0 saturated heterocycles. The minimum atomic E-state index is -1.00. The molecule has 1 atom stereocenters. The van der Waals surface area contributed by atoms with Crippen molar-refractivity contribution >= 4 is 24.3 Å². The summed E-state index contributed by atoms with van der Waals surface area (Å²) in [6, 6.07) is 0. The van der Waals surface area contributed by atoms with Gasteiger partial charge in [0.2, 0.25) is 5.91 Å². The fourth-order valence-electron chi connectivity index (χ4n) is 0.231. The maximum absolute atomic E-state index is 10.6. The highest BCUT2D eigenvalue weighted by atomic mass is 32.1. The van der Waals surface area contributed by atoms with Gasteiger partial charge in [0.05, 0.1) is 12.7 Å². The van der Waals surface area contributed by atoms with Crippen LogP contribution in [0.1, 0.15) is 20.8 Å². The molecule has 0 aromatic heterocycles. The van der Waals surface area contributed by atoms with Crippen LogP contribution in [0, 0.1) is 5.41 Å². The van der Waals surface area contributed by atoms with Gasteiger partial charge in [-0.2, -0.15) is 12.6 Å². The van der Waals surface area contributed by atoms with E-state index in [2.05, 4.69) is 12.6 Å². The minimum Gasteiger partial charge on any atom is -0.394 e. The third kappa shape index (κ3) is 7.35. The number of amides is 1. The molecule has 0 radical (unpaired) electrons. The van der Waals surface area contributed by atoms with Crippen molar-refractivity contribution in [1.29, 1.82) is 0 Å². The van der Waals surface area contributed by atoms with Gasteiger partial charge >= 0.3 is 0 Å². The second-order valence-corrected chi connectivity index (χ2v) is 3.93. The Hall–Kier alpha value is -0.590. The fourth-order valence-corrected chi connectivity index (χ4v) is 0.347. The van der Waals surface area contributed by atoms with Crippen molar-refractivity contribution in [3.8, 4) is 0 Å². The van der Waals surface area contributed by atoms with Crippen LogP contribution in [-0.4, -0.2) is 40.4 Å². The SMILES string of the molecule is CC(=O)C(C)(C)C(N)=O.OCC(O)CS.